The maximum Gasteiger partial charge on any atom is 0.397 e. The maximum atomic E-state index is 12.4. The van der Waals surface area contributed by atoms with E-state index >= 15 is 0 Å². The van der Waals surface area contributed by atoms with Gasteiger partial charge in [-0.1, -0.05) is 0 Å². The number of carboxylic acid groups (broad SMARTS) is 2. The van der Waals surface area contributed by atoms with E-state index < -0.39 is 190 Å². The lowest BCUT2D eigenvalue weighted by Crippen LogP contribution is -2.66. The number of rotatable bonds is 18. The fourth-order valence-corrected chi connectivity index (χ4v) is 7.84. The van der Waals surface area contributed by atoms with Crippen molar-refractivity contribution in [3.8, 4) is 0 Å². The molecule has 33 nitrogen and oxygen atoms in total. The third kappa shape index (κ3) is 14.4. The van der Waals surface area contributed by atoms with Crippen molar-refractivity contribution >= 4 is 53.5 Å². The molecule has 12 N–H and O–H groups in total. The van der Waals surface area contributed by atoms with Crippen molar-refractivity contribution < 1.29 is 152 Å². The van der Waals surface area contributed by atoms with Crippen LogP contribution >= 0.6 is 0 Å². The van der Waals surface area contributed by atoms with Crippen LogP contribution in [0.2, 0.25) is 0 Å². The summed E-state index contributed by atoms with van der Waals surface area (Å²) in [5.74, 6) is -4.08. The lowest BCUT2D eigenvalue weighted by molar-refractivity contribution is -0.363. The van der Waals surface area contributed by atoms with Crippen LogP contribution in [0, 0.1) is 0 Å². The molecule has 0 amide bonds. The molecule has 37 heteroatoms. The second-order valence-corrected chi connectivity index (χ2v) is 17.3. The molecule has 0 aromatic carbocycles. The number of aliphatic carboxylic acids is 2. The fourth-order valence-electron chi connectivity index (χ4n) is 6.26. The SMILES string of the molecule is O=C(O)[C@@H]1O[C@@H](O[C@H]2[C@H](O)C[C@@H](O[C@H]3[C@H](O)[C@@H](OS(=O)(=O)O)[C@H](O[C@H]4[C@H](O)C[C@@H](O)O[C@@H]4COS(=O)(=O)O)O[C@H]3C(=O)O)O[C@@H]2COS(=O)(=O)O)[C@H](OS(=O)(=O)O)[C@@H](O)[C@@H]1O. The summed E-state index contributed by atoms with van der Waals surface area (Å²) in [4.78, 5) is 24.1. The molecule has 0 unspecified atom stereocenters. The van der Waals surface area contributed by atoms with E-state index in [2.05, 4.69) is 16.7 Å². The highest BCUT2D eigenvalue weighted by Crippen LogP contribution is 2.36. The third-order valence-electron chi connectivity index (χ3n) is 8.70. The Hall–Kier alpha value is -2.10. The van der Waals surface area contributed by atoms with Crippen LogP contribution in [0.5, 0.6) is 0 Å². The van der Waals surface area contributed by atoms with E-state index in [-0.39, 0.29) is 0 Å². The zero-order chi connectivity index (χ0) is 46.2. The minimum absolute atomic E-state index is 0.724. The molecule has 0 saturated carbocycles. The molecule has 0 aliphatic carbocycles. The molecule has 4 aliphatic heterocycles. The quantitative estimate of drug-likeness (QED) is 0.0568. The van der Waals surface area contributed by atoms with Gasteiger partial charge in [0.25, 0.3) is 0 Å². The number of aliphatic hydroxyl groups is 6. The lowest BCUT2D eigenvalue weighted by atomic mass is 9.96. The summed E-state index contributed by atoms with van der Waals surface area (Å²) >= 11 is 0. The van der Waals surface area contributed by atoms with E-state index in [0.717, 1.165) is 0 Å². The number of carboxylic acids is 2. The molecule has 0 aromatic rings. The van der Waals surface area contributed by atoms with Gasteiger partial charge < -0.3 is 74.0 Å². The summed E-state index contributed by atoms with van der Waals surface area (Å²) in [7, 11) is -21.9. The predicted octanol–water partition coefficient (Wildman–Crippen LogP) is -8.20. The molecule has 4 aliphatic rings. The topological polar surface area (TPSA) is 515 Å². The van der Waals surface area contributed by atoms with Crippen LogP contribution in [-0.4, -0.2) is 229 Å². The third-order valence-corrected chi connectivity index (χ3v) is 10.5. The number of ether oxygens (including phenoxy) is 7. The molecule has 0 aromatic heterocycles. The van der Waals surface area contributed by atoms with Crippen molar-refractivity contribution in [3.05, 3.63) is 0 Å². The Morgan fingerprint density at radius 3 is 1.36 bits per heavy atom. The standard InChI is InChI=1S/C24H38O33S4/c25-5-1-9(27)49-7(3-47-58(35,36)37)14(5)52-24-19(57-61(44,45)46)13(30)16(20(55-24)22(33)34)51-10-2-6(26)15(8(50-10)4-48-59(38,39)40)53-23-18(56-60(41,42)43)12(29)11(28)17(54-23)21(31)32/h5-20,23-30H,1-4H2,(H,31,32)(H,33,34)(H,35,36,37)(H,38,39,40)(H,41,42,43)(H,44,45,46)/t5-,6-,7-,8-,9+,10-,11+,12+,13+,14+,15+,16+,17-,18-,19-,20-,23-,24-/m1/s1. The van der Waals surface area contributed by atoms with E-state index in [1.54, 1.807) is 0 Å². The lowest BCUT2D eigenvalue weighted by Gasteiger charge is -2.47. The highest BCUT2D eigenvalue weighted by atomic mass is 32.3. The minimum Gasteiger partial charge on any atom is -0.479 e. The second kappa shape index (κ2) is 20.0. The number of aliphatic hydroxyl groups excluding tert-OH is 6. The van der Waals surface area contributed by atoms with Gasteiger partial charge in [-0.2, -0.15) is 33.7 Å². The normalized spacial score (nSPS) is 40.6. The summed E-state index contributed by atoms with van der Waals surface area (Å²) < 4.78 is 183. The molecular weight excluding hydrogens is 944 g/mol. The van der Waals surface area contributed by atoms with Crippen LogP contribution in [0.3, 0.4) is 0 Å². The van der Waals surface area contributed by atoms with Gasteiger partial charge in [0, 0.05) is 12.8 Å². The van der Waals surface area contributed by atoms with Crippen LogP contribution in [0.1, 0.15) is 12.8 Å². The van der Waals surface area contributed by atoms with Crippen molar-refractivity contribution in [2.24, 2.45) is 0 Å². The Balaban J connectivity index is 1.64. The molecule has 0 spiro atoms. The molecule has 4 rings (SSSR count). The van der Waals surface area contributed by atoms with E-state index in [9.17, 15) is 97.8 Å². The summed E-state index contributed by atoms with van der Waals surface area (Å²) in [6, 6.07) is 0. The first kappa shape index (κ1) is 51.5. The van der Waals surface area contributed by atoms with Gasteiger partial charge in [-0.05, 0) is 0 Å². The summed E-state index contributed by atoms with van der Waals surface area (Å²) in [6.07, 6.45) is -43.7. The van der Waals surface area contributed by atoms with Crippen LogP contribution in [0.25, 0.3) is 0 Å². The Bertz CT molecular complexity index is 1980. The summed E-state index contributed by atoms with van der Waals surface area (Å²) in [5.41, 5.74) is 0. The van der Waals surface area contributed by atoms with Crippen LogP contribution in [0.15, 0.2) is 0 Å². The summed E-state index contributed by atoms with van der Waals surface area (Å²) in [6.45, 7) is -2.67. The van der Waals surface area contributed by atoms with E-state index in [1.165, 1.54) is 0 Å². The number of carbonyl (C=O) groups is 2. The number of hydrogen-bond acceptors (Lipinski definition) is 27. The predicted molar refractivity (Wildman–Crippen MR) is 174 cm³/mol. The molecule has 4 fully saturated rings. The molecule has 61 heavy (non-hydrogen) atoms. The van der Waals surface area contributed by atoms with Crippen LogP contribution in [0.4, 0.5) is 0 Å². The highest BCUT2D eigenvalue weighted by Gasteiger charge is 2.57. The molecule has 4 saturated heterocycles. The summed E-state index contributed by atoms with van der Waals surface area (Å²) in [5, 5.41) is 82.9. The van der Waals surface area contributed by atoms with Gasteiger partial charge in [0.05, 0.1) is 25.4 Å². The fraction of sp³-hybridized carbons (Fsp3) is 0.917. The van der Waals surface area contributed by atoms with E-state index in [0.29, 0.717) is 0 Å². The molecule has 18 atom stereocenters. The minimum atomic E-state index is -5.71. The first-order valence-electron chi connectivity index (χ1n) is 16.5. The smallest absolute Gasteiger partial charge is 0.397 e. The van der Waals surface area contributed by atoms with Crippen molar-refractivity contribution in [2.75, 3.05) is 13.2 Å². The van der Waals surface area contributed by atoms with Gasteiger partial charge in [-0.3, -0.25) is 18.2 Å². The van der Waals surface area contributed by atoms with Gasteiger partial charge in [0.15, 0.2) is 49.6 Å². The highest BCUT2D eigenvalue weighted by molar-refractivity contribution is 7.81. The average Bonchev–Trinajstić information content (AvgIpc) is 3.08. The van der Waals surface area contributed by atoms with Gasteiger partial charge in [0.2, 0.25) is 0 Å². The Morgan fingerprint density at radius 2 is 0.918 bits per heavy atom. The van der Waals surface area contributed by atoms with Gasteiger partial charge >= 0.3 is 53.5 Å². The van der Waals surface area contributed by atoms with Crippen LogP contribution in [-0.2, 0) is 101 Å². The van der Waals surface area contributed by atoms with E-state index in [1.807, 2.05) is 0 Å². The Morgan fingerprint density at radius 1 is 0.492 bits per heavy atom. The second-order valence-electron chi connectivity index (χ2n) is 13.0. The van der Waals surface area contributed by atoms with Gasteiger partial charge in [-0.25, -0.2) is 26.3 Å². The molecule has 0 radical (unpaired) electrons. The van der Waals surface area contributed by atoms with Crippen molar-refractivity contribution in [1.82, 2.24) is 0 Å². The zero-order valence-corrected chi connectivity index (χ0v) is 33.1. The molecular formula is C24H38O33S4. The molecule has 4 heterocycles. The monoisotopic (exact) mass is 982 g/mol. The van der Waals surface area contributed by atoms with Crippen molar-refractivity contribution in [1.29, 1.82) is 0 Å². The Kier molecular flexibility index (Phi) is 16.9. The maximum absolute atomic E-state index is 12.4. The van der Waals surface area contributed by atoms with E-state index in [4.69, 9.17) is 37.7 Å². The van der Waals surface area contributed by atoms with Crippen LogP contribution < -0.4 is 0 Å². The first-order chi connectivity index (χ1) is 27.8. The zero-order valence-electron chi connectivity index (χ0n) is 29.8. The van der Waals surface area contributed by atoms with Crippen molar-refractivity contribution in [3.63, 3.8) is 0 Å². The number of hydrogen-bond donors (Lipinski definition) is 12. The molecule has 356 valence electrons. The van der Waals surface area contributed by atoms with Gasteiger partial charge in [0.1, 0.15) is 48.8 Å². The average molecular weight is 983 g/mol. The first-order valence-corrected chi connectivity index (χ1v) is 22.0. The molecule has 0 bridgehead atoms. The largest absolute Gasteiger partial charge is 0.479 e. The Labute approximate surface area is 341 Å². The van der Waals surface area contributed by atoms with Gasteiger partial charge in [-0.15, -0.1) is 0 Å². The van der Waals surface area contributed by atoms with Crippen molar-refractivity contribution in [2.45, 2.75) is 123 Å².